The third-order valence-electron chi connectivity index (χ3n) is 4.62. The molecule has 8 nitrogen and oxygen atoms in total. The second kappa shape index (κ2) is 11.9. The maximum atomic E-state index is 11.4. The van der Waals surface area contributed by atoms with Crippen LogP contribution in [0.3, 0.4) is 0 Å². The number of rotatable bonds is 5. The lowest BCUT2D eigenvalue weighted by Crippen LogP contribution is -2.10. The summed E-state index contributed by atoms with van der Waals surface area (Å²) in [4.78, 5) is 26.5. The Labute approximate surface area is 220 Å². The molecular weight excluding hydrogens is 576 g/mol. The molecule has 0 spiro atoms. The Morgan fingerprint density at radius 1 is 0.771 bits per heavy atom. The molecule has 0 saturated heterocycles. The second-order valence-electron chi connectivity index (χ2n) is 7.96. The number of ether oxygens (including phenoxy) is 1. The van der Waals surface area contributed by atoms with Gasteiger partial charge in [-0.25, -0.2) is 9.97 Å². The minimum Gasteiger partial charge on any atom is -0.480 e. The molecule has 182 valence electrons. The fourth-order valence-corrected chi connectivity index (χ4v) is 3.91. The quantitative estimate of drug-likeness (QED) is 0.240. The van der Waals surface area contributed by atoms with Crippen LogP contribution in [0.1, 0.15) is 22.3 Å². The molecule has 0 bridgehead atoms. The van der Waals surface area contributed by atoms with Crippen LogP contribution in [-0.4, -0.2) is 27.0 Å². The van der Waals surface area contributed by atoms with Crippen molar-refractivity contribution in [1.82, 2.24) is 19.9 Å². The first-order valence-corrected chi connectivity index (χ1v) is 12.2. The summed E-state index contributed by atoms with van der Waals surface area (Å²) in [5, 5.41) is 6.23. The number of hydrogen-bond donors (Lipinski definition) is 3. The van der Waals surface area contributed by atoms with E-state index in [1.165, 1.54) is 17.3 Å². The Morgan fingerprint density at radius 3 is 1.80 bits per heavy atom. The Hall–Kier alpha value is -3.24. The van der Waals surface area contributed by atoms with Crippen LogP contribution in [-0.2, 0) is 0 Å². The fraction of sp³-hybridized carbons (Fsp3) is 0.200. The summed E-state index contributed by atoms with van der Waals surface area (Å²) in [5.41, 5.74) is 6.39. The zero-order valence-electron chi connectivity index (χ0n) is 20.0. The Balaban J connectivity index is 0.000000196. The van der Waals surface area contributed by atoms with Gasteiger partial charge in [0, 0.05) is 11.4 Å². The standard InChI is InChI=1S/C13H14BrN3O.C12H12BrN3O/c1-8-4-9(2)6-10(5-8)16-13-15-7-11(14)12(17-13)18-3;1-7-3-8(2)5-9(4-7)15-12-14-6-10(13)11(17)16-12/h4-7H,1-3H3,(H,15,16,17);3-6H,1-2H3,(H2,14,15,16,17). The highest BCUT2D eigenvalue weighted by Crippen LogP contribution is 2.24. The smallest absolute Gasteiger partial charge is 0.266 e. The molecule has 0 amide bonds. The zero-order valence-corrected chi connectivity index (χ0v) is 23.2. The topological polar surface area (TPSA) is 105 Å². The number of aromatic amines is 1. The molecule has 2 aromatic carbocycles. The number of H-pyrrole nitrogens is 1. The molecule has 0 radical (unpaired) electrons. The van der Waals surface area contributed by atoms with Gasteiger partial charge in [0.05, 0.1) is 24.0 Å². The second-order valence-corrected chi connectivity index (χ2v) is 9.67. The summed E-state index contributed by atoms with van der Waals surface area (Å²) in [7, 11) is 1.58. The van der Waals surface area contributed by atoms with Gasteiger partial charge in [0.1, 0.15) is 4.47 Å². The number of anilines is 4. The van der Waals surface area contributed by atoms with E-state index >= 15 is 0 Å². The molecule has 10 heteroatoms. The predicted molar refractivity (Wildman–Crippen MR) is 147 cm³/mol. The minimum atomic E-state index is -0.202. The van der Waals surface area contributed by atoms with Crippen molar-refractivity contribution in [3.8, 4) is 5.88 Å². The van der Waals surface area contributed by atoms with E-state index < -0.39 is 0 Å². The maximum absolute atomic E-state index is 11.4. The molecule has 3 N–H and O–H groups in total. The highest BCUT2D eigenvalue weighted by molar-refractivity contribution is 9.10. The molecule has 0 saturated carbocycles. The summed E-state index contributed by atoms with van der Waals surface area (Å²) < 4.78 is 6.29. The van der Waals surface area contributed by atoms with Crippen molar-refractivity contribution in [3.05, 3.63) is 90.3 Å². The van der Waals surface area contributed by atoms with Gasteiger partial charge in [0.15, 0.2) is 0 Å². The number of halogens is 2. The number of hydrogen-bond acceptors (Lipinski definition) is 7. The minimum absolute atomic E-state index is 0.202. The molecule has 0 aliphatic carbocycles. The average Bonchev–Trinajstić information content (AvgIpc) is 2.77. The Bertz CT molecular complexity index is 1350. The average molecular weight is 602 g/mol. The lowest BCUT2D eigenvalue weighted by atomic mass is 10.1. The summed E-state index contributed by atoms with van der Waals surface area (Å²) in [6, 6.07) is 12.3. The molecular formula is C25H26Br2N6O2. The van der Waals surface area contributed by atoms with E-state index in [1.54, 1.807) is 13.3 Å². The molecule has 0 fully saturated rings. The SMILES string of the molecule is COc1nc(Nc2cc(C)cc(C)c2)ncc1Br.Cc1cc(C)cc(Nc2ncc(Br)c(=O)[nH]2)c1. The number of nitrogens with one attached hydrogen (secondary N) is 3. The zero-order chi connectivity index (χ0) is 25.5. The Kier molecular flexibility index (Phi) is 9.00. The van der Waals surface area contributed by atoms with Crippen molar-refractivity contribution in [1.29, 1.82) is 0 Å². The summed E-state index contributed by atoms with van der Waals surface area (Å²) in [5.74, 6) is 1.46. The van der Waals surface area contributed by atoms with Gasteiger partial charge in [0.2, 0.25) is 17.8 Å². The molecule has 35 heavy (non-hydrogen) atoms. The molecule has 0 aliphatic rings. The van der Waals surface area contributed by atoms with Crippen LogP contribution < -0.4 is 20.9 Å². The number of aryl methyl sites for hydroxylation is 4. The van der Waals surface area contributed by atoms with Crippen LogP contribution in [0.2, 0.25) is 0 Å². The number of aromatic nitrogens is 4. The Morgan fingerprint density at radius 2 is 1.29 bits per heavy atom. The van der Waals surface area contributed by atoms with Crippen LogP contribution >= 0.6 is 31.9 Å². The van der Waals surface area contributed by atoms with E-state index in [1.807, 2.05) is 38.1 Å². The van der Waals surface area contributed by atoms with Crippen LogP contribution in [0.4, 0.5) is 23.3 Å². The van der Waals surface area contributed by atoms with E-state index in [-0.39, 0.29) is 5.56 Å². The van der Waals surface area contributed by atoms with E-state index in [9.17, 15) is 4.79 Å². The van der Waals surface area contributed by atoms with Gasteiger partial charge >= 0.3 is 0 Å². The van der Waals surface area contributed by atoms with Crippen LogP contribution in [0.15, 0.2) is 62.5 Å². The van der Waals surface area contributed by atoms with Crippen molar-refractivity contribution >= 4 is 55.1 Å². The van der Waals surface area contributed by atoms with Gasteiger partial charge in [-0.15, -0.1) is 0 Å². The van der Waals surface area contributed by atoms with Crippen molar-refractivity contribution in [2.24, 2.45) is 0 Å². The van der Waals surface area contributed by atoms with Crippen LogP contribution in [0.25, 0.3) is 0 Å². The highest BCUT2D eigenvalue weighted by Gasteiger charge is 2.06. The van der Waals surface area contributed by atoms with E-state index in [2.05, 4.69) is 88.4 Å². The maximum Gasteiger partial charge on any atom is 0.266 e. The summed E-state index contributed by atoms with van der Waals surface area (Å²) >= 11 is 6.43. The normalized spacial score (nSPS) is 10.3. The van der Waals surface area contributed by atoms with Crippen LogP contribution in [0.5, 0.6) is 5.88 Å². The molecule has 0 aliphatic heterocycles. The summed E-state index contributed by atoms with van der Waals surface area (Å²) in [6.45, 7) is 8.16. The predicted octanol–water partition coefficient (Wildman–Crippen LogP) is 6.50. The fourth-order valence-electron chi connectivity index (χ4n) is 3.36. The van der Waals surface area contributed by atoms with E-state index in [0.29, 0.717) is 22.2 Å². The molecule has 0 unspecified atom stereocenters. The summed E-state index contributed by atoms with van der Waals surface area (Å²) in [6.07, 6.45) is 3.14. The monoisotopic (exact) mass is 600 g/mol. The molecule has 2 aromatic heterocycles. The first kappa shape index (κ1) is 26.4. The van der Waals surface area contributed by atoms with Gasteiger partial charge < -0.3 is 15.4 Å². The van der Waals surface area contributed by atoms with Crippen molar-refractivity contribution in [2.45, 2.75) is 27.7 Å². The lowest BCUT2D eigenvalue weighted by Gasteiger charge is -2.08. The van der Waals surface area contributed by atoms with Gasteiger partial charge in [-0.2, -0.15) is 4.98 Å². The number of nitrogens with zero attached hydrogens (tertiary/aromatic N) is 3. The van der Waals surface area contributed by atoms with E-state index in [4.69, 9.17) is 4.74 Å². The van der Waals surface area contributed by atoms with E-state index in [0.717, 1.165) is 27.0 Å². The first-order valence-electron chi connectivity index (χ1n) is 10.6. The van der Waals surface area contributed by atoms with Crippen LogP contribution in [0, 0.1) is 27.7 Å². The molecule has 4 aromatic rings. The van der Waals surface area contributed by atoms with Gasteiger partial charge in [-0.05, 0) is 106 Å². The van der Waals surface area contributed by atoms with Crippen molar-refractivity contribution < 1.29 is 4.74 Å². The van der Waals surface area contributed by atoms with Crippen molar-refractivity contribution in [3.63, 3.8) is 0 Å². The van der Waals surface area contributed by atoms with Gasteiger partial charge in [-0.3, -0.25) is 9.78 Å². The van der Waals surface area contributed by atoms with Gasteiger partial charge in [-0.1, -0.05) is 12.1 Å². The lowest BCUT2D eigenvalue weighted by molar-refractivity contribution is 0.394. The van der Waals surface area contributed by atoms with Gasteiger partial charge in [0.25, 0.3) is 5.56 Å². The third kappa shape index (κ3) is 7.90. The molecule has 2 heterocycles. The molecule has 0 atom stereocenters. The molecule has 4 rings (SSSR count). The number of benzene rings is 2. The largest absolute Gasteiger partial charge is 0.480 e. The number of methoxy groups -OCH3 is 1. The highest BCUT2D eigenvalue weighted by atomic mass is 79.9. The third-order valence-corrected chi connectivity index (χ3v) is 5.73. The van der Waals surface area contributed by atoms with Crippen molar-refractivity contribution in [2.75, 3.05) is 17.7 Å². The first-order chi connectivity index (χ1) is 16.6.